The maximum atomic E-state index is 5.88. The van der Waals surface area contributed by atoms with Gasteiger partial charge in [0.15, 0.2) is 0 Å². The molecule has 2 aliphatic rings. The highest BCUT2D eigenvalue weighted by molar-refractivity contribution is 6.62. The Balaban J connectivity index is 1.36. The summed E-state index contributed by atoms with van der Waals surface area (Å²) in [5, 5.41) is 0. The van der Waals surface area contributed by atoms with Crippen molar-refractivity contribution in [1.82, 2.24) is 9.97 Å². The van der Waals surface area contributed by atoms with Gasteiger partial charge in [-0.2, -0.15) is 0 Å². The van der Waals surface area contributed by atoms with Gasteiger partial charge in [-0.05, 0) is 35.2 Å². The number of hydrogen-bond donors (Lipinski definition) is 0. The Morgan fingerprint density at radius 3 is 1.35 bits per heavy atom. The van der Waals surface area contributed by atoms with Crippen LogP contribution in [0.1, 0.15) is 0 Å². The molecule has 8 heteroatoms. The third-order valence-electron chi connectivity index (χ3n) is 4.12. The van der Waals surface area contributed by atoms with Gasteiger partial charge >= 0.3 is 14.2 Å². The molecule has 116 valence electrons. The second-order valence-electron chi connectivity index (χ2n) is 5.97. The minimum absolute atomic E-state index is 0.243. The third kappa shape index (κ3) is 3.16. The lowest BCUT2D eigenvalue weighted by molar-refractivity contribution is -0.0787. The number of aromatic nitrogens is 2. The van der Waals surface area contributed by atoms with Crippen molar-refractivity contribution in [1.29, 1.82) is 0 Å². The molecule has 6 nitrogen and oxygen atoms in total. The molecule has 4 rings (SSSR count). The van der Waals surface area contributed by atoms with E-state index in [2.05, 4.69) is 9.97 Å². The molecule has 2 saturated heterocycles. The van der Waals surface area contributed by atoms with Crippen molar-refractivity contribution < 1.29 is 18.6 Å². The van der Waals surface area contributed by atoms with Crippen molar-refractivity contribution >= 4 is 25.2 Å². The van der Waals surface area contributed by atoms with Crippen molar-refractivity contribution in [3.8, 4) is 0 Å². The molecule has 2 aromatic heterocycles. The lowest BCUT2D eigenvalue weighted by Gasteiger charge is -2.42. The molecule has 0 aromatic carbocycles. The fourth-order valence-electron chi connectivity index (χ4n) is 2.78. The van der Waals surface area contributed by atoms with Crippen LogP contribution < -0.4 is 10.9 Å². The van der Waals surface area contributed by atoms with Gasteiger partial charge in [0, 0.05) is 51.2 Å². The zero-order valence-electron chi connectivity index (χ0n) is 12.6. The number of nitrogens with zero attached hydrogens (tertiary/aromatic N) is 2. The molecule has 2 aliphatic heterocycles. The minimum atomic E-state index is -0.346. The molecule has 0 amide bonds. The van der Waals surface area contributed by atoms with E-state index < -0.39 is 0 Å². The van der Waals surface area contributed by atoms with E-state index in [1.165, 1.54) is 0 Å². The molecule has 0 saturated carbocycles. The Morgan fingerprint density at radius 2 is 1.00 bits per heavy atom. The van der Waals surface area contributed by atoms with E-state index >= 15 is 0 Å². The lowest BCUT2D eigenvalue weighted by Crippen LogP contribution is -2.58. The van der Waals surface area contributed by atoms with Crippen LogP contribution in [-0.2, 0) is 18.6 Å². The van der Waals surface area contributed by atoms with E-state index in [9.17, 15) is 0 Å². The van der Waals surface area contributed by atoms with Crippen LogP contribution in [0.15, 0.2) is 49.1 Å². The van der Waals surface area contributed by atoms with E-state index in [4.69, 9.17) is 18.6 Å². The average Bonchev–Trinajstić information content (AvgIpc) is 2.65. The summed E-state index contributed by atoms with van der Waals surface area (Å²) in [6, 6.07) is 7.60. The summed E-state index contributed by atoms with van der Waals surface area (Å²) in [5.74, 6) is 0. The maximum absolute atomic E-state index is 5.88. The Kier molecular flexibility index (Phi) is 4.13. The predicted octanol–water partition coefficient (Wildman–Crippen LogP) is -0.353. The molecule has 0 unspecified atom stereocenters. The maximum Gasteiger partial charge on any atom is 0.494 e. The summed E-state index contributed by atoms with van der Waals surface area (Å²) in [6.07, 6.45) is 6.94. The highest BCUT2D eigenvalue weighted by atomic mass is 16.6. The van der Waals surface area contributed by atoms with Crippen molar-refractivity contribution in [3.63, 3.8) is 0 Å². The van der Waals surface area contributed by atoms with Gasteiger partial charge < -0.3 is 18.6 Å². The molecular weight excluding hydrogens is 294 g/mol. The van der Waals surface area contributed by atoms with Crippen molar-refractivity contribution in [2.75, 3.05) is 26.4 Å². The SMILES string of the molecule is c1cc(B2OCC3(CO2)COB(c2ccncc2)OC3)ccn1. The summed E-state index contributed by atoms with van der Waals surface area (Å²) in [4.78, 5) is 8.01. The minimum Gasteiger partial charge on any atom is -0.406 e. The molecule has 0 N–H and O–H groups in total. The van der Waals surface area contributed by atoms with E-state index in [-0.39, 0.29) is 19.7 Å². The molecule has 2 fully saturated rings. The van der Waals surface area contributed by atoms with Crippen molar-refractivity contribution in [2.45, 2.75) is 0 Å². The van der Waals surface area contributed by atoms with Gasteiger partial charge in [-0.3, -0.25) is 9.97 Å². The molecule has 0 aliphatic carbocycles. The molecule has 0 radical (unpaired) electrons. The molecule has 23 heavy (non-hydrogen) atoms. The van der Waals surface area contributed by atoms with Gasteiger partial charge in [0.2, 0.25) is 0 Å². The Hall–Kier alpha value is -1.73. The molecule has 2 aromatic rings. The van der Waals surface area contributed by atoms with Crippen molar-refractivity contribution in [3.05, 3.63) is 49.1 Å². The van der Waals surface area contributed by atoms with Crippen LogP contribution in [0.4, 0.5) is 0 Å². The standard InChI is InChI=1S/C15H16B2N2O4/c1-5-18-6-2-13(1)16-20-9-15(10-21-16)11-22-17(23-12-15)14-3-7-19-8-4-14/h1-8H,9-12H2. The average molecular weight is 310 g/mol. The van der Waals surface area contributed by atoms with E-state index in [1.54, 1.807) is 24.8 Å². The summed E-state index contributed by atoms with van der Waals surface area (Å²) in [7, 11) is -0.692. The second kappa shape index (κ2) is 6.41. The van der Waals surface area contributed by atoms with Crippen LogP contribution in [0.25, 0.3) is 0 Å². The smallest absolute Gasteiger partial charge is 0.406 e. The quantitative estimate of drug-likeness (QED) is 0.707. The first kappa shape index (κ1) is 14.8. The molecule has 0 atom stereocenters. The predicted molar refractivity (Wildman–Crippen MR) is 85.5 cm³/mol. The van der Waals surface area contributed by atoms with E-state index in [1.807, 2.05) is 24.3 Å². The van der Waals surface area contributed by atoms with Gasteiger partial charge in [0.25, 0.3) is 0 Å². The summed E-state index contributed by atoms with van der Waals surface area (Å²) >= 11 is 0. The van der Waals surface area contributed by atoms with Gasteiger partial charge in [0.05, 0.1) is 5.41 Å². The van der Waals surface area contributed by atoms with Crippen LogP contribution in [0.5, 0.6) is 0 Å². The van der Waals surface area contributed by atoms with Crippen LogP contribution in [0.2, 0.25) is 0 Å². The van der Waals surface area contributed by atoms with Gasteiger partial charge in [-0.25, -0.2) is 0 Å². The second-order valence-corrected chi connectivity index (χ2v) is 5.97. The fraction of sp³-hybridized carbons (Fsp3) is 0.333. The summed E-state index contributed by atoms with van der Waals surface area (Å²) in [5.41, 5.74) is 1.71. The third-order valence-corrected chi connectivity index (χ3v) is 4.12. The fourth-order valence-corrected chi connectivity index (χ4v) is 2.78. The molecular formula is C15H16B2N2O4. The number of pyridine rings is 2. The summed E-state index contributed by atoms with van der Waals surface area (Å²) < 4.78 is 23.5. The lowest BCUT2D eigenvalue weighted by atomic mass is 9.73. The normalized spacial score (nSPS) is 20.7. The first-order chi connectivity index (χ1) is 11.3. The highest BCUT2D eigenvalue weighted by Gasteiger charge is 2.45. The molecule has 1 spiro atoms. The molecule has 4 heterocycles. The Morgan fingerprint density at radius 1 is 0.652 bits per heavy atom. The number of rotatable bonds is 2. The zero-order valence-corrected chi connectivity index (χ0v) is 12.6. The number of hydrogen-bond acceptors (Lipinski definition) is 6. The van der Waals surface area contributed by atoms with Crippen LogP contribution in [0, 0.1) is 5.41 Å². The van der Waals surface area contributed by atoms with E-state index in [0.29, 0.717) is 26.4 Å². The zero-order chi connectivity index (χ0) is 15.5. The molecule has 0 bridgehead atoms. The van der Waals surface area contributed by atoms with Crippen molar-refractivity contribution in [2.24, 2.45) is 5.41 Å². The van der Waals surface area contributed by atoms with Gasteiger partial charge in [0.1, 0.15) is 0 Å². The monoisotopic (exact) mass is 310 g/mol. The van der Waals surface area contributed by atoms with Crippen LogP contribution in [-0.4, -0.2) is 50.6 Å². The summed E-state index contributed by atoms with van der Waals surface area (Å²) in [6.45, 7) is 2.18. The Bertz CT molecular complexity index is 569. The van der Waals surface area contributed by atoms with Crippen LogP contribution in [0.3, 0.4) is 0 Å². The first-order valence-electron chi connectivity index (χ1n) is 7.61. The first-order valence-corrected chi connectivity index (χ1v) is 7.61. The largest absolute Gasteiger partial charge is 0.494 e. The van der Waals surface area contributed by atoms with Gasteiger partial charge in [-0.1, -0.05) is 0 Å². The topological polar surface area (TPSA) is 62.7 Å². The van der Waals surface area contributed by atoms with Gasteiger partial charge in [-0.15, -0.1) is 0 Å². The van der Waals surface area contributed by atoms with Crippen LogP contribution >= 0.6 is 0 Å². The van der Waals surface area contributed by atoms with E-state index in [0.717, 1.165) is 10.9 Å². The highest BCUT2D eigenvalue weighted by Crippen LogP contribution is 2.28. The Labute approximate surface area is 135 Å².